The third-order valence-electron chi connectivity index (χ3n) is 2.15. The number of nitriles is 2. The van der Waals surface area contributed by atoms with Crippen LogP contribution in [0.3, 0.4) is 0 Å². The highest BCUT2D eigenvalue weighted by Gasteiger charge is 2.05. The van der Waals surface area contributed by atoms with Crippen molar-refractivity contribution in [1.29, 1.82) is 10.5 Å². The number of H-pyrrole nitrogens is 1. The summed E-state index contributed by atoms with van der Waals surface area (Å²) in [5, 5.41) is 17.0. The van der Waals surface area contributed by atoms with E-state index in [0.717, 1.165) is 19.6 Å². The molecule has 1 N–H and O–H groups in total. The van der Waals surface area contributed by atoms with Crippen LogP contribution in [0.5, 0.6) is 0 Å². The molecule has 0 aliphatic heterocycles. The van der Waals surface area contributed by atoms with E-state index in [4.69, 9.17) is 10.5 Å². The van der Waals surface area contributed by atoms with Crippen molar-refractivity contribution >= 4 is 0 Å². The summed E-state index contributed by atoms with van der Waals surface area (Å²) in [7, 11) is 0. The van der Waals surface area contributed by atoms with Crippen molar-refractivity contribution in [3.63, 3.8) is 0 Å². The zero-order valence-electron chi connectivity index (χ0n) is 8.61. The van der Waals surface area contributed by atoms with Crippen LogP contribution in [0.25, 0.3) is 0 Å². The molecule has 78 valence electrons. The number of nitrogens with zero attached hydrogens (tertiary/aromatic N) is 3. The van der Waals surface area contributed by atoms with Crippen molar-refractivity contribution in [3.8, 4) is 12.1 Å². The van der Waals surface area contributed by atoms with Crippen LogP contribution < -0.4 is 0 Å². The molecular weight excluding hydrogens is 188 g/mol. The maximum absolute atomic E-state index is 8.52. The van der Waals surface area contributed by atoms with Crippen LogP contribution in [0, 0.1) is 22.7 Å². The molecule has 1 heterocycles. The summed E-state index contributed by atoms with van der Waals surface area (Å²) >= 11 is 0. The minimum absolute atomic E-state index is 0.510. The van der Waals surface area contributed by atoms with E-state index >= 15 is 0 Å². The monoisotopic (exact) mass is 202 g/mol. The van der Waals surface area contributed by atoms with Gasteiger partial charge >= 0.3 is 0 Å². The number of aromatic amines is 1. The number of rotatable bonds is 6. The summed E-state index contributed by atoms with van der Waals surface area (Å²) < 4.78 is 0. The van der Waals surface area contributed by atoms with Crippen LogP contribution in [0.15, 0.2) is 18.5 Å². The zero-order valence-corrected chi connectivity index (χ0v) is 8.61. The molecule has 0 atom stereocenters. The minimum Gasteiger partial charge on any atom is -0.367 e. The minimum atomic E-state index is 0.510. The molecule has 4 nitrogen and oxygen atoms in total. The van der Waals surface area contributed by atoms with Gasteiger partial charge in [0.15, 0.2) is 0 Å². The first-order valence-electron chi connectivity index (χ1n) is 4.94. The smallest absolute Gasteiger partial charge is 0.0635 e. The summed E-state index contributed by atoms with van der Waals surface area (Å²) in [5.41, 5.74) is 1.19. The van der Waals surface area contributed by atoms with Crippen LogP contribution in [0.4, 0.5) is 0 Å². The first-order chi connectivity index (χ1) is 7.36. The Kier molecular flexibility index (Phi) is 5.00. The molecule has 4 heteroatoms. The Hall–Kier alpha value is -1.78. The van der Waals surface area contributed by atoms with E-state index in [-0.39, 0.29) is 0 Å². The van der Waals surface area contributed by atoms with Crippen LogP contribution in [0.1, 0.15) is 18.4 Å². The van der Waals surface area contributed by atoms with E-state index < -0.39 is 0 Å². The maximum atomic E-state index is 8.52. The van der Waals surface area contributed by atoms with Crippen LogP contribution >= 0.6 is 0 Å². The second-order valence-corrected chi connectivity index (χ2v) is 3.31. The fourth-order valence-corrected chi connectivity index (χ4v) is 1.40. The quantitative estimate of drug-likeness (QED) is 0.762. The molecule has 0 fully saturated rings. The van der Waals surface area contributed by atoms with Gasteiger partial charge < -0.3 is 4.98 Å². The molecule has 0 aromatic carbocycles. The topological polar surface area (TPSA) is 66.6 Å². The Labute approximate surface area is 89.7 Å². The predicted octanol–water partition coefficient (Wildman–Crippen LogP) is 1.64. The first kappa shape index (κ1) is 11.3. The van der Waals surface area contributed by atoms with E-state index in [1.54, 1.807) is 0 Å². The highest BCUT2D eigenvalue weighted by atomic mass is 15.1. The van der Waals surface area contributed by atoms with Gasteiger partial charge in [-0.25, -0.2) is 0 Å². The van der Waals surface area contributed by atoms with Gasteiger partial charge in [-0.05, 0) is 11.6 Å². The average molecular weight is 202 g/mol. The lowest BCUT2D eigenvalue weighted by Gasteiger charge is -2.18. The molecule has 1 aromatic rings. The molecule has 0 saturated carbocycles. The van der Waals surface area contributed by atoms with E-state index in [1.807, 2.05) is 18.5 Å². The fraction of sp³-hybridized carbons (Fsp3) is 0.455. The van der Waals surface area contributed by atoms with Gasteiger partial charge in [-0.15, -0.1) is 0 Å². The molecule has 0 spiro atoms. The second-order valence-electron chi connectivity index (χ2n) is 3.31. The largest absolute Gasteiger partial charge is 0.367 e. The number of hydrogen-bond donors (Lipinski definition) is 1. The molecule has 0 bridgehead atoms. The third kappa shape index (κ3) is 4.30. The Morgan fingerprint density at radius 3 is 2.33 bits per heavy atom. The van der Waals surface area contributed by atoms with Gasteiger partial charge in [0.1, 0.15) is 0 Å². The van der Waals surface area contributed by atoms with Gasteiger partial charge in [-0.3, -0.25) is 4.90 Å². The second kappa shape index (κ2) is 6.64. The Morgan fingerprint density at radius 1 is 1.20 bits per heavy atom. The normalized spacial score (nSPS) is 9.80. The van der Waals surface area contributed by atoms with Gasteiger partial charge in [0.25, 0.3) is 0 Å². The molecular formula is C11H14N4. The average Bonchev–Trinajstić information content (AvgIpc) is 2.74. The van der Waals surface area contributed by atoms with Crippen molar-refractivity contribution in [2.45, 2.75) is 19.4 Å². The van der Waals surface area contributed by atoms with Gasteiger partial charge in [-0.1, -0.05) is 0 Å². The fourth-order valence-electron chi connectivity index (χ4n) is 1.40. The number of hydrogen-bond acceptors (Lipinski definition) is 3. The van der Waals surface area contributed by atoms with Crippen molar-refractivity contribution in [2.24, 2.45) is 0 Å². The summed E-state index contributed by atoms with van der Waals surface area (Å²) in [6.45, 7) is 2.25. The highest BCUT2D eigenvalue weighted by molar-refractivity contribution is 5.08. The lowest BCUT2D eigenvalue weighted by Crippen LogP contribution is -2.25. The lowest BCUT2D eigenvalue weighted by atomic mass is 10.2. The molecule has 1 rings (SSSR count). The zero-order chi connectivity index (χ0) is 10.9. The predicted molar refractivity (Wildman–Crippen MR) is 56.5 cm³/mol. The molecule has 0 unspecified atom stereocenters. The van der Waals surface area contributed by atoms with E-state index in [0.29, 0.717) is 12.8 Å². The van der Waals surface area contributed by atoms with Gasteiger partial charge in [0, 0.05) is 44.9 Å². The Bertz CT molecular complexity index is 324. The van der Waals surface area contributed by atoms with E-state index in [2.05, 4.69) is 22.0 Å². The summed E-state index contributed by atoms with van der Waals surface area (Å²) in [6.07, 6.45) is 4.83. The van der Waals surface area contributed by atoms with Gasteiger partial charge in [0.05, 0.1) is 12.1 Å². The molecule has 0 aliphatic rings. The standard InChI is InChI=1S/C11H14N4/c12-4-1-7-15(8-2-5-13)10-11-3-6-14-9-11/h3,6,9,14H,1-2,7-8,10H2. The van der Waals surface area contributed by atoms with E-state index in [9.17, 15) is 0 Å². The molecule has 1 aromatic heterocycles. The van der Waals surface area contributed by atoms with Crippen LogP contribution in [-0.4, -0.2) is 23.0 Å². The van der Waals surface area contributed by atoms with Crippen LogP contribution in [0.2, 0.25) is 0 Å². The highest BCUT2D eigenvalue weighted by Crippen LogP contribution is 2.04. The van der Waals surface area contributed by atoms with E-state index in [1.165, 1.54) is 5.56 Å². The van der Waals surface area contributed by atoms with Crippen molar-refractivity contribution < 1.29 is 0 Å². The summed E-state index contributed by atoms with van der Waals surface area (Å²) in [5.74, 6) is 0. The molecule has 0 amide bonds. The maximum Gasteiger partial charge on any atom is 0.0635 e. The van der Waals surface area contributed by atoms with Gasteiger partial charge in [0.2, 0.25) is 0 Å². The van der Waals surface area contributed by atoms with Gasteiger partial charge in [-0.2, -0.15) is 10.5 Å². The van der Waals surface area contributed by atoms with Crippen LogP contribution in [-0.2, 0) is 6.54 Å². The van der Waals surface area contributed by atoms with Crippen molar-refractivity contribution in [2.75, 3.05) is 13.1 Å². The SMILES string of the molecule is N#CCCN(CCC#N)Cc1cc[nH]c1. The molecule has 0 radical (unpaired) electrons. The Balaban J connectivity index is 2.42. The summed E-state index contributed by atoms with van der Waals surface area (Å²) in [6, 6.07) is 6.25. The molecule has 0 saturated heterocycles. The number of nitrogens with one attached hydrogen (secondary N) is 1. The molecule has 0 aliphatic carbocycles. The summed E-state index contributed by atoms with van der Waals surface area (Å²) in [4.78, 5) is 5.11. The number of aromatic nitrogens is 1. The Morgan fingerprint density at radius 2 is 1.87 bits per heavy atom. The lowest BCUT2D eigenvalue weighted by molar-refractivity contribution is 0.278. The first-order valence-corrected chi connectivity index (χ1v) is 4.94. The third-order valence-corrected chi connectivity index (χ3v) is 2.15. The molecule has 15 heavy (non-hydrogen) atoms. The van der Waals surface area contributed by atoms with Crippen molar-refractivity contribution in [1.82, 2.24) is 9.88 Å². The van der Waals surface area contributed by atoms with Crippen molar-refractivity contribution in [3.05, 3.63) is 24.0 Å².